The number of hydrogen-bond acceptors (Lipinski definition) is 3. The van der Waals surface area contributed by atoms with Crippen LogP contribution in [-0.2, 0) is 9.53 Å². The summed E-state index contributed by atoms with van der Waals surface area (Å²) in [5.74, 6) is -1.11. The van der Waals surface area contributed by atoms with Gasteiger partial charge in [0, 0.05) is 0 Å². The number of hydrogen-bond donors (Lipinski definition) is 2. The van der Waals surface area contributed by atoms with Crippen molar-refractivity contribution >= 4 is 12.1 Å². The maximum absolute atomic E-state index is 10.6. The Kier molecular flexibility index (Phi) is 4.52. The molecule has 0 aromatic heterocycles. The van der Waals surface area contributed by atoms with Crippen molar-refractivity contribution < 1.29 is 19.4 Å². The normalized spacial score (nSPS) is 11.4. The summed E-state index contributed by atoms with van der Waals surface area (Å²) in [4.78, 5) is 21.0. The lowest BCUT2D eigenvalue weighted by Crippen LogP contribution is -2.40. The number of methoxy groups -OCH3 is 1. The van der Waals surface area contributed by atoms with E-state index < -0.39 is 18.1 Å². The molecule has 5 nitrogen and oxygen atoms in total. The average molecular weight is 173 g/mol. The van der Waals surface area contributed by atoms with E-state index in [0.717, 1.165) is 0 Å². The van der Waals surface area contributed by atoms with Crippen LogP contribution in [0.3, 0.4) is 0 Å². The second kappa shape index (κ2) is 5.17. The van der Waals surface area contributed by atoms with Gasteiger partial charge in [0.25, 0.3) is 0 Å². The molecule has 0 radical (unpaired) electrons. The van der Waals surface area contributed by atoms with Crippen LogP contribution in [0.5, 0.6) is 0 Å². The molecule has 0 fully saturated rings. The summed E-state index contributed by atoms with van der Waals surface area (Å²) in [5, 5.41) is 10.7. The van der Waals surface area contributed by atoms with E-state index >= 15 is 0 Å². The molecule has 0 unspecified atom stereocenters. The largest absolute Gasteiger partial charge is 0.480 e. The first-order valence-corrected chi connectivity index (χ1v) is 3.30. The lowest BCUT2D eigenvalue weighted by Gasteiger charge is -2.10. The van der Waals surface area contributed by atoms with Gasteiger partial charge in [-0.2, -0.15) is 0 Å². The number of aliphatic carboxylic acids is 1. The third-order valence-corrected chi connectivity index (χ3v) is 1.18. The summed E-state index contributed by atoms with van der Waals surface area (Å²) in [5.41, 5.74) is 0. The Labute approximate surface area is 70.0 Å². The molecule has 68 valence electrons. The molecule has 12 heavy (non-hydrogen) atoms. The SMILES string of the molecule is C=CC[C@H](NC(=O)OC)C(=O)O. The Hall–Kier alpha value is -1.52. The van der Waals surface area contributed by atoms with Crippen molar-refractivity contribution in [1.29, 1.82) is 0 Å². The van der Waals surface area contributed by atoms with Gasteiger partial charge in [-0.1, -0.05) is 6.08 Å². The van der Waals surface area contributed by atoms with Crippen LogP contribution in [0.25, 0.3) is 0 Å². The third kappa shape index (κ3) is 3.60. The maximum atomic E-state index is 10.6. The minimum atomic E-state index is -1.11. The standard InChI is InChI=1S/C7H11NO4/c1-3-4-5(6(9)10)8-7(11)12-2/h3,5H,1,4H2,2H3,(H,8,11)(H,9,10)/t5-/m0/s1. The van der Waals surface area contributed by atoms with Crippen LogP contribution in [0.15, 0.2) is 12.7 Å². The van der Waals surface area contributed by atoms with Crippen LogP contribution >= 0.6 is 0 Å². The minimum absolute atomic E-state index is 0.171. The second-order valence-corrected chi connectivity index (χ2v) is 2.05. The molecular weight excluding hydrogens is 162 g/mol. The lowest BCUT2D eigenvalue weighted by molar-refractivity contribution is -0.139. The Morgan fingerprint density at radius 1 is 1.75 bits per heavy atom. The number of carbonyl (C=O) groups excluding carboxylic acids is 1. The lowest BCUT2D eigenvalue weighted by atomic mass is 10.2. The Bertz CT molecular complexity index is 190. The van der Waals surface area contributed by atoms with Gasteiger partial charge >= 0.3 is 12.1 Å². The number of carboxylic acids is 1. The molecule has 0 saturated heterocycles. The summed E-state index contributed by atoms with van der Waals surface area (Å²) in [7, 11) is 1.17. The Morgan fingerprint density at radius 2 is 2.33 bits per heavy atom. The quantitative estimate of drug-likeness (QED) is 0.602. The zero-order valence-corrected chi connectivity index (χ0v) is 6.74. The van der Waals surface area contributed by atoms with Gasteiger partial charge in [0.1, 0.15) is 6.04 Å². The van der Waals surface area contributed by atoms with E-state index in [0.29, 0.717) is 0 Å². The number of rotatable bonds is 4. The highest BCUT2D eigenvalue weighted by Gasteiger charge is 2.17. The van der Waals surface area contributed by atoms with Crippen molar-refractivity contribution in [3.8, 4) is 0 Å². The van der Waals surface area contributed by atoms with E-state index in [1.165, 1.54) is 13.2 Å². The molecule has 0 spiro atoms. The fourth-order valence-electron chi connectivity index (χ4n) is 0.589. The molecule has 0 aliphatic heterocycles. The Balaban J connectivity index is 4.03. The van der Waals surface area contributed by atoms with Crippen LogP contribution in [0, 0.1) is 0 Å². The first kappa shape index (κ1) is 10.5. The van der Waals surface area contributed by atoms with Crippen molar-refractivity contribution in [3.05, 3.63) is 12.7 Å². The molecule has 0 bridgehead atoms. The number of nitrogens with one attached hydrogen (secondary N) is 1. The number of alkyl carbamates (subject to hydrolysis) is 1. The molecule has 0 aliphatic carbocycles. The van der Waals surface area contributed by atoms with Crippen LogP contribution in [0.2, 0.25) is 0 Å². The van der Waals surface area contributed by atoms with Crippen LogP contribution in [-0.4, -0.2) is 30.3 Å². The molecule has 1 atom stereocenters. The highest BCUT2D eigenvalue weighted by Crippen LogP contribution is 1.93. The van der Waals surface area contributed by atoms with E-state index in [-0.39, 0.29) is 6.42 Å². The van der Waals surface area contributed by atoms with Gasteiger partial charge in [0.05, 0.1) is 7.11 Å². The highest BCUT2D eigenvalue weighted by atomic mass is 16.5. The number of carbonyl (C=O) groups is 2. The van der Waals surface area contributed by atoms with Crippen molar-refractivity contribution in [3.63, 3.8) is 0 Å². The third-order valence-electron chi connectivity index (χ3n) is 1.18. The Morgan fingerprint density at radius 3 is 2.67 bits per heavy atom. The number of carboxylic acid groups (broad SMARTS) is 1. The molecule has 0 heterocycles. The molecule has 0 aliphatic rings. The van der Waals surface area contributed by atoms with Gasteiger partial charge in [-0.3, -0.25) is 0 Å². The molecule has 5 heteroatoms. The summed E-state index contributed by atoms with van der Waals surface area (Å²) < 4.78 is 4.23. The predicted octanol–water partition coefficient (Wildman–Crippen LogP) is 0.372. The van der Waals surface area contributed by atoms with E-state index in [4.69, 9.17) is 5.11 Å². The van der Waals surface area contributed by atoms with Crippen molar-refractivity contribution in [1.82, 2.24) is 5.32 Å². The molecule has 0 aromatic carbocycles. The number of amides is 1. The van der Waals surface area contributed by atoms with Crippen molar-refractivity contribution in [2.45, 2.75) is 12.5 Å². The average Bonchev–Trinajstić information content (AvgIpc) is 2.03. The zero-order valence-electron chi connectivity index (χ0n) is 6.74. The zero-order chi connectivity index (χ0) is 9.56. The molecule has 0 saturated carbocycles. The monoisotopic (exact) mass is 173 g/mol. The van der Waals surface area contributed by atoms with Crippen molar-refractivity contribution in [2.75, 3.05) is 7.11 Å². The molecule has 2 N–H and O–H groups in total. The molecule has 0 rings (SSSR count). The highest BCUT2D eigenvalue weighted by molar-refractivity contribution is 5.79. The predicted molar refractivity (Wildman–Crippen MR) is 41.8 cm³/mol. The smallest absolute Gasteiger partial charge is 0.407 e. The minimum Gasteiger partial charge on any atom is -0.480 e. The molecular formula is C7H11NO4. The summed E-state index contributed by atoms with van der Waals surface area (Å²) in [6.07, 6.45) is 0.823. The van der Waals surface area contributed by atoms with Gasteiger partial charge in [-0.15, -0.1) is 6.58 Å². The van der Waals surface area contributed by atoms with Gasteiger partial charge < -0.3 is 15.2 Å². The van der Waals surface area contributed by atoms with E-state index in [2.05, 4.69) is 16.6 Å². The second-order valence-electron chi connectivity index (χ2n) is 2.05. The van der Waals surface area contributed by atoms with E-state index in [1.54, 1.807) is 0 Å². The van der Waals surface area contributed by atoms with Crippen LogP contribution in [0.4, 0.5) is 4.79 Å². The van der Waals surface area contributed by atoms with Gasteiger partial charge in [0.2, 0.25) is 0 Å². The number of ether oxygens (including phenoxy) is 1. The van der Waals surface area contributed by atoms with Crippen LogP contribution < -0.4 is 5.32 Å². The van der Waals surface area contributed by atoms with E-state index in [9.17, 15) is 9.59 Å². The molecule has 1 amide bonds. The van der Waals surface area contributed by atoms with Gasteiger partial charge in [0.15, 0.2) is 0 Å². The molecule has 0 aromatic rings. The van der Waals surface area contributed by atoms with Gasteiger partial charge in [-0.05, 0) is 6.42 Å². The first-order valence-electron chi connectivity index (χ1n) is 3.30. The van der Waals surface area contributed by atoms with Crippen molar-refractivity contribution in [2.24, 2.45) is 0 Å². The topological polar surface area (TPSA) is 75.6 Å². The van der Waals surface area contributed by atoms with E-state index in [1.807, 2.05) is 0 Å². The summed E-state index contributed by atoms with van der Waals surface area (Å²) in [6.45, 7) is 3.36. The summed E-state index contributed by atoms with van der Waals surface area (Å²) >= 11 is 0. The summed E-state index contributed by atoms with van der Waals surface area (Å²) in [6, 6.07) is -0.963. The maximum Gasteiger partial charge on any atom is 0.407 e. The van der Waals surface area contributed by atoms with Crippen LogP contribution in [0.1, 0.15) is 6.42 Å². The first-order chi connectivity index (χ1) is 5.61. The van der Waals surface area contributed by atoms with Gasteiger partial charge in [-0.25, -0.2) is 9.59 Å². The fraction of sp³-hybridized carbons (Fsp3) is 0.429. The fourth-order valence-corrected chi connectivity index (χ4v) is 0.589.